The molecule has 0 N–H and O–H groups in total. The van der Waals surface area contributed by atoms with Crippen molar-refractivity contribution in [1.29, 1.82) is 0 Å². The summed E-state index contributed by atoms with van der Waals surface area (Å²) < 4.78 is 10.3. The zero-order chi connectivity index (χ0) is 16.0. The van der Waals surface area contributed by atoms with Crippen LogP contribution >= 0.6 is 0 Å². The van der Waals surface area contributed by atoms with E-state index in [0.29, 0.717) is 13.0 Å². The Morgan fingerprint density at radius 2 is 1.55 bits per heavy atom. The molecule has 0 spiro atoms. The molecule has 0 heterocycles. The summed E-state index contributed by atoms with van der Waals surface area (Å²) in [6, 6.07) is 9.53. The molecule has 0 amide bonds. The minimum atomic E-state index is -0.278. The summed E-state index contributed by atoms with van der Waals surface area (Å²) in [4.78, 5) is 23.0. The molecule has 1 aromatic rings. The summed E-state index contributed by atoms with van der Waals surface area (Å²) in [5.41, 5.74) is 0.960. The first kappa shape index (κ1) is 18.2. The van der Waals surface area contributed by atoms with Crippen LogP contribution in [0.2, 0.25) is 0 Å². The van der Waals surface area contributed by atoms with Crippen molar-refractivity contribution >= 4 is 11.9 Å². The molecule has 1 aromatic carbocycles. The molecule has 0 unspecified atom stereocenters. The number of hydrogen-bond donors (Lipinski definition) is 0. The van der Waals surface area contributed by atoms with Gasteiger partial charge in [-0.15, -0.1) is 0 Å². The molecule has 0 saturated heterocycles. The Bertz CT molecular complexity index is 428. The maximum absolute atomic E-state index is 11.6. The number of esters is 2. The summed E-state index contributed by atoms with van der Waals surface area (Å²) in [5, 5.41) is 0. The second-order valence-electron chi connectivity index (χ2n) is 5.28. The van der Waals surface area contributed by atoms with Crippen LogP contribution in [0.15, 0.2) is 30.3 Å². The highest BCUT2D eigenvalue weighted by molar-refractivity contribution is 5.72. The maximum Gasteiger partial charge on any atom is 0.306 e. The highest BCUT2D eigenvalue weighted by Gasteiger charge is 2.07. The van der Waals surface area contributed by atoms with E-state index in [-0.39, 0.29) is 31.4 Å². The number of rotatable bonds is 11. The lowest BCUT2D eigenvalue weighted by Gasteiger charge is -2.06. The number of benzene rings is 1. The van der Waals surface area contributed by atoms with Crippen LogP contribution in [0.1, 0.15) is 57.4 Å². The summed E-state index contributed by atoms with van der Waals surface area (Å²) in [7, 11) is 0. The van der Waals surface area contributed by atoms with Gasteiger partial charge in [-0.3, -0.25) is 9.59 Å². The van der Waals surface area contributed by atoms with Gasteiger partial charge >= 0.3 is 11.9 Å². The molecule has 0 aliphatic rings. The molecule has 0 fully saturated rings. The molecule has 4 nitrogen and oxygen atoms in total. The van der Waals surface area contributed by atoms with Crippen molar-refractivity contribution in [3.05, 3.63) is 35.9 Å². The lowest BCUT2D eigenvalue weighted by molar-refractivity contribution is -0.146. The van der Waals surface area contributed by atoms with Crippen molar-refractivity contribution in [3.8, 4) is 0 Å². The van der Waals surface area contributed by atoms with Gasteiger partial charge in [0.1, 0.15) is 6.61 Å². The first-order valence-corrected chi connectivity index (χ1v) is 8.07. The Labute approximate surface area is 132 Å². The van der Waals surface area contributed by atoms with Crippen LogP contribution in [0.3, 0.4) is 0 Å². The van der Waals surface area contributed by atoms with Crippen LogP contribution in [0.5, 0.6) is 0 Å². The van der Waals surface area contributed by atoms with E-state index in [4.69, 9.17) is 9.47 Å². The number of hydrogen-bond acceptors (Lipinski definition) is 4. The molecule has 0 aromatic heterocycles. The summed E-state index contributed by atoms with van der Waals surface area (Å²) in [5.74, 6) is -0.507. The van der Waals surface area contributed by atoms with Crippen molar-refractivity contribution in [3.63, 3.8) is 0 Å². The minimum Gasteiger partial charge on any atom is -0.466 e. The zero-order valence-electron chi connectivity index (χ0n) is 13.4. The van der Waals surface area contributed by atoms with Crippen molar-refractivity contribution in [1.82, 2.24) is 0 Å². The second-order valence-corrected chi connectivity index (χ2v) is 5.28. The quantitative estimate of drug-likeness (QED) is 0.457. The first-order chi connectivity index (χ1) is 10.7. The Morgan fingerprint density at radius 3 is 2.23 bits per heavy atom. The fourth-order valence-corrected chi connectivity index (χ4v) is 1.97. The molecule has 0 aliphatic heterocycles. The van der Waals surface area contributed by atoms with Gasteiger partial charge < -0.3 is 9.47 Å². The molecule has 0 saturated carbocycles. The molecule has 4 heteroatoms. The molecule has 0 bridgehead atoms. The summed E-state index contributed by atoms with van der Waals surface area (Å²) in [6.45, 7) is 2.90. The van der Waals surface area contributed by atoms with Crippen LogP contribution in [-0.2, 0) is 25.7 Å². The third-order valence-corrected chi connectivity index (χ3v) is 3.27. The van der Waals surface area contributed by atoms with E-state index in [9.17, 15) is 9.59 Å². The summed E-state index contributed by atoms with van der Waals surface area (Å²) in [6.07, 6.45) is 5.34. The molecular weight excluding hydrogens is 280 g/mol. The molecule has 22 heavy (non-hydrogen) atoms. The van der Waals surface area contributed by atoms with Crippen LogP contribution in [0.25, 0.3) is 0 Å². The van der Waals surface area contributed by atoms with E-state index >= 15 is 0 Å². The van der Waals surface area contributed by atoms with Gasteiger partial charge in [-0.1, -0.05) is 56.5 Å². The molecule has 0 radical (unpaired) electrons. The number of unbranched alkanes of at least 4 members (excludes halogenated alkanes) is 3. The van der Waals surface area contributed by atoms with Crippen LogP contribution in [-0.4, -0.2) is 18.5 Å². The fourth-order valence-electron chi connectivity index (χ4n) is 1.97. The Hall–Kier alpha value is -1.84. The monoisotopic (exact) mass is 306 g/mol. The van der Waals surface area contributed by atoms with Gasteiger partial charge in [0, 0.05) is 12.8 Å². The van der Waals surface area contributed by atoms with Gasteiger partial charge in [-0.05, 0) is 18.4 Å². The van der Waals surface area contributed by atoms with E-state index in [0.717, 1.165) is 18.4 Å². The van der Waals surface area contributed by atoms with Gasteiger partial charge in [0.05, 0.1) is 6.61 Å². The summed E-state index contributed by atoms with van der Waals surface area (Å²) >= 11 is 0. The second kappa shape index (κ2) is 11.8. The lowest BCUT2D eigenvalue weighted by Crippen LogP contribution is -2.08. The smallest absolute Gasteiger partial charge is 0.306 e. The number of ether oxygens (including phenoxy) is 2. The van der Waals surface area contributed by atoms with Gasteiger partial charge in [0.15, 0.2) is 0 Å². The van der Waals surface area contributed by atoms with Gasteiger partial charge in [0.25, 0.3) is 0 Å². The standard InChI is InChI=1S/C18H26O4/c1-2-3-4-8-14-21-17(19)12-9-13-18(20)22-15-16-10-6-5-7-11-16/h5-7,10-11H,2-4,8-9,12-15H2,1H3. The molecular formula is C18H26O4. The SMILES string of the molecule is CCCCCCOC(=O)CCCC(=O)OCc1ccccc1. The van der Waals surface area contributed by atoms with E-state index in [1.54, 1.807) is 0 Å². The van der Waals surface area contributed by atoms with E-state index in [1.165, 1.54) is 12.8 Å². The van der Waals surface area contributed by atoms with E-state index in [1.807, 2.05) is 30.3 Å². The van der Waals surface area contributed by atoms with Crippen molar-refractivity contribution in [2.45, 2.75) is 58.5 Å². The van der Waals surface area contributed by atoms with Gasteiger partial charge in [-0.25, -0.2) is 0 Å². The predicted octanol–water partition coefficient (Wildman–Crippen LogP) is 4.02. The molecule has 0 aliphatic carbocycles. The minimum absolute atomic E-state index is 0.229. The number of carbonyl (C=O) groups is 2. The van der Waals surface area contributed by atoms with Crippen molar-refractivity contribution in [2.75, 3.05) is 6.61 Å². The Kier molecular flexibility index (Phi) is 9.75. The van der Waals surface area contributed by atoms with Gasteiger partial charge in [-0.2, -0.15) is 0 Å². The topological polar surface area (TPSA) is 52.6 Å². The molecule has 1 rings (SSSR count). The van der Waals surface area contributed by atoms with Crippen LogP contribution in [0, 0.1) is 0 Å². The third kappa shape index (κ3) is 9.16. The third-order valence-electron chi connectivity index (χ3n) is 3.27. The average Bonchev–Trinajstić information content (AvgIpc) is 2.54. The fraction of sp³-hybridized carbons (Fsp3) is 0.556. The Balaban J connectivity index is 2.01. The molecule has 0 atom stereocenters. The van der Waals surface area contributed by atoms with Crippen LogP contribution < -0.4 is 0 Å². The highest BCUT2D eigenvalue weighted by atomic mass is 16.5. The highest BCUT2D eigenvalue weighted by Crippen LogP contribution is 2.05. The van der Waals surface area contributed by atoms with Crippen molar-refractivity contribution in [2.24, 2.45) is 0 Å². The maximum atomic E-state index is 11.6. The predicted molar refractivity (Wildman–Crippen MR) is 85.2 cm³/mol. The average molecular weight is 306 g/mol. The lowest BCUT2D eigenvalue weighted by atomic mass is 10.2. The number of carbonyl (C=O) groups excluding carboxylic acids is 2. The Morgan fingerprint density at radius 1 is 0.864 bits per heavy atom. The van der Waals surface area contributed by atoms with Crippen LogP contribution in [0.4, 0.5) is 0 Å². The van der Waals surface area contributed by atoms with Gasteiger partial charge in [0.2, 0.25) is 0 Å². The zero-order valence-corrected chi connectivity index (χ0v) is 13.4. The first-order valence-electron chi connectivity index (χ1n) is 8.07. The van der Waals surface area contributed by atoms with Crippen molar-refractivity contribution < 1.29 is 19.1 Å². The normalized spacial score (nSPS) is 10.2. The van der Waals surface area contributed by atoms with E-state index in [2.05, 4.69) is 6.92 Å². The van der Waals surface area contributed by atoms with E-state index < -0.39 is 0 Å². The largest absolute Gasteiger partial charge is 0.466 e. The molecule has 122 valence electrons.